The normalized spacial score (nSPS) is 10.3. The molecule has 0 aliphatic rings. The largest absolute Gasteiger partial charge is 0.398 e. The number of aryl methyl sites for hydroxylation is 1. The monoisotopic (exact) mass is 288 g/mol. The van der Waals surface area contributed by atoms with E-state index < -0.39 is 0 Å². The lowest BCUT2D eigenvalue weighted by atomic mass is 10.1. The van der Waals surface area contributed by atoms with Gasteiger partial charge in [-0.25, -0.2) is 0 Å². The zero-order valence-corrected chi connectivity index (χ0v) is 12.1. The summed E-state index contributed by atoms with van der Waals surface area (Å²) in [5, 5.41) is 3.47. The standard InChI is InChI=1S/C16H17ClN2O/c1-2-12-6-7-14(10-15(12)18)19-16(20)9-11-4-3-5-13(17)8-11/h3-8,10H,2,9,18H2,1H3,(H,19,20). The number of halogens is 1. The average molecular weight is 289 g/mol. The number of anilines is 2. The zero-order chi connectivity index (χ0) is 14.5. The number of nitrogens with one attached hydrogen (secondary N) is 1. The first kappa shape index (κ1) is 14.4. The third-order valence-corrected chi connectivity index (χ3v) is 3.30. The van der Waals surface area contributed by atoms with E-state index >= 15 is 0 Å². The van der Waals surface area contributed by atoms with Gasteiger partial charge in [0.25, 0.3) is 0 Å². The molecule has 0 saturated carbocycles. The van der Waals surface area contributed by atoms with Crippen molar-refractivity contribution in [3.05, 3.63) is 58.6 Å². The molecule has 0 saturated heterocycles. The maximum atomic E-state index is 12.0. The maximum absolute atomic E-state index is 12.0. The van der Waals surface area contributed by atoms with Gasteiger partial charge >= 0.3 is 0 Å². The quantitative estimate of drug-likeness (QED) is 0.844. The summed E-state index contributed by atoms with van der Waals surface area (Å²) in [6.45, 7) is 2.04. The van der Waals surface area contributed by atoms with Crippen LogP contribution in [0.1, 0.15) is 18.1 Å². The Morgan fingerprint density at radius 3 is 2.70 bits per heavy atom. The second-order valence-corrected chi connectivity index (χ2v) is 5.06. The first-order valence-corrected chi connectivity index (χ1v) is 6.89. The van der Waals surface area contributed by atoms with E-state index in [4.69, 9.17) is 17.3 Å². The highest BCUT2D eigenvalue weighted by Gasteiger charge is 2.06. The summed E-state index contributed by atoms with van der Waals surface area (Å²) in [5.74, 6) is -0.0871. The van der Waals surface area contributed by atoms with Gasteiger partial charge in [-0.15, -0.1) is 0 Å². The third kappa shape index (κ3) is 3.75. The Hall–Kier alpha value is -2.00. The molecule has 0 heterocycles. The second-order valence-electron chi connectivity index (χ2n) is 4.62. The van der Waals surface area contributed by atoms with Crippen LogP contribution in [0, 0.1) is 0 Å². The van der Waals surface area contributed by atoms with Crippen LogP contribution in [0.15, 0.2) is 42.5 Å². The minimum absolute atomic E-state index is 0.0871. The zero-order valence-electron chi connectivity index (χ0n) is 11.3. The molecule has 0 aromatic heterocycles. The minimum Gasteiger partial charge on any atom is -0.398 e. The molecule has 3 N–H and O–H groups in total. The number of carbonyl (C=O) groups is 1. The van der Waals surface area contributed by atoms with Crippen LogP contribution in [0.4, 0.5) is 11.4 Å². The van der Waals surface area contributed by atoms with Crippen molar-refractivity contribution in [1.82, 2.24) is 0 Å². The fourth-order valence-electron chi connectivity index (χ4n) is 2.03. The van der Waals surface area contributed by atoms with Crippen molar-refractivity contribution >= 4 is 28.9 Å². The van der Waals surface area contributed by atoms with Crippen LogP contribution in [-0.4, -0.2) is 5.91 Å². The van der Waals surface area contributed by atoms with Crippen LogP contribution in [0.3, 0.4) is 0 Å². The lowest BCUT2D eigenvalue weighted by molar-refractivity contribution is -0.115. The van der Waals surface area contributed by atoms with E-state index in [1.165, 1.54) is 0 Å². The van der Waals surface area contributed by atoms with Crippen LogP contribution in [0.5, 0.6) is 0 Å². The maximum Gasteiger partial charge on any atom is 0.228 e. The molecule has 2 aromatic rings. The molecule has 0 atom stereocenters. The van der Waals surface area contributed by atoms with Crippen LogP contribution in [0.2, 0.25) is 5.02 Å². The van der Waals surface area contributed by atoms with Crippen LogP contribution < -0.4 is 11.1 Å². The molecule has 0 radical (unpaired) electrons. The molecule has 0 aliphatic heterocycles. The lowest BCUT2D eigenvalue weighted by Crippen LogP contribution is -2.14. The topological polar surface area (TPSA) is 55.1 Å². The predicted octanol–water partition coefficient (Wildman–Crippen LogP) is 3.67. The van der Waals surface area contributed by atoms with Crippen molar-refractivity contribution < 1.29 is 4.79 Å². The Kier molecular flexibility index (Phi) is 4.64. The summed E-state index contributed by atoms with van der Waals surface area (Å²) in [4.78, 5) is 12.0. The molecule has 104 valence electrons. The Bertz CT molecular complexity index is 626. The Morgan fingerprint density at radius 1 is 1.25 bits per heavy atom. The van der Waals surface area contributed by atoms with Gasteiger partial charge in [-0.05, 0) is 41.8 Å². The van der Waals surface area contributed by atoms with Gasteiger partial charge in [0.1, 0.15) is 0 Å². The molecule has 20 heavy (non-hydrogen) atoms. The number of benzene rings is 2. The van der Waals surface area contributed by atoms with Crippen molar-refractivity contribution in [3.63, 3.8) is 0 Å². The lowest BCUT2D eigenvalue weighted by Gasteiger charge is -2.09. The van der Waals surface area contributed by atoms with Crippen LogP contribution in [0.25, 0.3) is 0 Å². The number of nitrogen functional groups attached to an aromatic ring is 1. The number of carbonyl (C=O) groups excluding carboxylic acids is 1. The van der Waals surface area contributed by atoms with Gasteiger partial charge in [-0.3, -0.25) is 4.79 Å². The first-order valence-electron chi connectivity index (χ1n) is 6.51. The summed E-state index contributed by atoms with van der Waals surface area (Å²) < 4.78 is 0. The van der Waals surface area contributed by atoms with E-state index in [0.29, 0.717) is 16.4 Å². The van der Waals surface area contributed by atoms with Crippen molar-refractivity contribution in [2.75, 3.05) is 11.1 Å². The summed E-state index contributed by atoms with van der Waals surface area (Å²) in [7, 11) is 0. The van der Waals surface area contributed by atoms with E-state index in [9.17, 15) is 4.79 Å². The average Bonchev–Trinajstić information content (AvgIpc) is 2.38. The number of rotatable bonds is 4. The molecule has 2 rings (SSSR count). The SMILES string of the molecule is CCc1ccc(NC(=O)Cc2cccc(Cl)c2)cc1N. The van der Waals surface area contributed by atoms with Gasteiger partial charge < -0.3 is 11.1 Å². The van der Waals surface area contributed by atoms with Gasteiger partial charge in [-0.2, -0.15) is 0 Å². The van der Waals surface area contributed by atoms with Crippen molar-refractivity contribution in [3.8, 4) is 0 Å². The van der Waals surface area contributed by atoms with E-state index in [0.717, 1.165) is 17.5 Å². The van der Waals surface area contributed by atoms with Crippen LogP contribution in [-0.2, 0) is 17.6 Å². The highest BCUT2D eigenvalue weighted by molar-refractivity contribution is 6.30. The highest BCUT2D eigenvalue weighted by atomic mass is 35.5. The molecular formula is C16H17ClN2O. The van der Waals surface area contributed by atoms with Crippen molar-refractivity contribution in [2.45, 2.75) is 19.8 Å². The molecule has 3 nitrogen and oxygen atoms in total. The fourth-order valence-corrected chi connectivity index (χ4v) is 2.25. The number of amides is 1. The molecule has 0 spiro atoms. The molecule has 1 amide bonds. The molecular weight excluding hydrogens is 272 g/mol. The molecule has 2 aromatic carbocycles. The Labute approximate surface area is 123 Å². The molecule has 0 unspecified atom stereocenters. The fraction of sp³-hybridized carbons (Fsp3) is 0.188. The molecule has 0 fully saturated rings. The number of hydrogen-bond acceptors (Lipinski definition) is 2. The van der Waals surface area contributed by atoms with E-state index in [-0.39, 0.29) is 12.3 Å². The van der Waals surface area contributed by atoms with Gasteiger partial charge in [0.05, 0.1) is 6.42 Å². The predicted molar refractivity (Wildman–Crippen MR) is 84.0 cm³/mol. The number of hydrogen-bond donors (Lipinski definition) is 2. The van der Waals surface area contributed by atoms with Gasteiger partial charge in [0.15, 0.2) is 0 Å². The van der Waals surface area contributed by atoms with Gasteiger partial charge in [-0.1, -0.05) is 36.7 Å². The van der Waals surface area contributed by atoms with Crippen LogP contribution >= 0.6 is 11.6 Å². The van der Waals surface area contributed by atoms with Gasteiger partial charge in [0.2, 0.25) is 5.91 Å². The first-order chi connectivity index (χ1) is 9.58. The summed E-state index contributed by atoms with van der Waals surface area (Å²) in [6.07, 6.45) is 1.17. The molecule has 4 heteroatoms. The Balaban J connectivity index is 2.03. The molecule has 0 aliphatic carbocycles. The second kappa shape index (κ2) is 6.44. The highest BCUT2D eigenvalue weighted by Crippen LogP contribution is 2.19. The third-order valence-electron chi connectivity index (χ3n) is 3.06. The number of nitrogens with two attached hydrogens (primary N) is 1. The van der Waals surface area contributed by atoms with Crippen molar-refractivity contribution in [1.29, 1.82) is 0 Å². The van der Waals surface area contributed by atoms with E-state index in [1.54, 1.807) is 18.2 Å². The smallest absolute Gasteiger partial charge is 0.228 e. The minimum atomic E-state index is -0.0871. The van der Waals surface area contributed by atoms with E-state index in [2.05, 4.69) is 5.32 Å². The summed E-state index contributed by atoms with van der Waals surface area (Å²) in [6, 6.07) is 12.9. The van der Waals surface area contributed by atoms with Crippen molar-refractivity contribution in [2.24, 2.45) is 0 Å². The summed E-state index contributed by atoms with van der Waals surface area (Å²) >= 11 is 5.89. The molecule has 0 bridgehead atoms. The summed E-state index contributed by atoms with van der Waals surface area (Å²) in [5.41, 5.74) is 9.29. The Morgan fingerprint density at radius 2 is 2.05 bits per heavy atom. The van der Waals surface area contributed by atoms with Gasteiger partial charge in [0, 0.05) is 16.4 Å². The van der Waals surface area contributed by atoms with E-state index in [1.807, 2.05) is 31.2 Å².